The lowest BCUT2D eigenvalue weighted by molar-refractivity contribution is -0.145. The van der Waals surface area contributed by atoms with Crippen molar-refractivity contribution in [3.63, 3.8) is 0 Å². The molecule has 1 aromatic heterocycles. The molecule has 102 valence electrons. The van der Waals surface area contributed by atoms with Gasteiger partial charge in [0.15, 0.2) is 0 Å². The molecule has 2 aliphatic rings. The van der Waals surface area contributed by atoms with E-state index < -0.39 is 0 Å². The first-order chi connectivity index (χ1) is 9.25. The molecule has 0 aliphatic heterocycles. The molecule has 3 nitrogen and oxygen atoms in total. The molecule has 0 amide bonds. The van der Waals surface area contributed by atoms with Crippen LogP contribution in [-0.4, -0.2) is 17.6 Å². The summed E-state index contributed by atoms with van der Waals surface area (Å²) in [7, 11) is 0. The minimum atomic E-state index is 0.0258. The Bertz CT molecular complexity index is 459. The van der Waals surface area contributed by atoms with E-state index in [0.29, 0.717) is 12.5 Å². The molecule has 0 radical (unpaired) electrons. The fourth-order valence-electron chi connectivity index (χ4n) is 3.74. The number of nitrogens with zero attached hydrogens (tertiary/aromatic N) is 1. The van der Waals surface area contributed by atoms with Gasteiger partial charge in [-0.25, -0.2) is 0 Å². The summed E-state index contributed by atoms with van der Waals surface area (Å²) in [6.07, 6.45) is 9.56. The Hall–Kier alpha value is -1.38. The zero-order chi connectivity index (χ0) is 13.3. The molecule has 2 saturated carbocycles. The van der Waals surface area contributed by atoms with Crippen molar-refractivity contribution in [2.75, 3.05) is 6.61 Å². The van der Waals surface area contributed by atoms with Crippen LogP contribution >= 0.6 is 0 Å². The lowest BCUT2D eigenvalue weighted by Gasteiger charge is -2.30. The van der Waals surface area contributed by atoms with E-state index in [0.717, 1.165) is 12.8 Å². The third kappa shape index (κ3) is 2.38. The number of ether oxygens (including phenoxy) is 1. The van der Waals surface area contributed by atoms with Gasteiger partial charge in [-0.3, -0.25) is 9.78 Å². The SMILES string of the molecule is CCOC(=O)C1CC12CCC[C@@H](c1ccncc1)C2. The van der Waals surface area contributed by atoms with Crippen LogP contribution in [0.15, 0.2) is 24.5 Å². The number of carbonyl (C=O) groups excluding carboxylic acids is 1. The lowest BCUT2D eigenvalue weighted by Crippen LogP contribution is -2.20. The molecule has 1 spiro atoms. The Balaban J connectivity index is 1.68. The van der Waals surface area contributed by atoms with Crippen LogP contribution in [0.5, 0.6) is 0 Å². The Morgan fingerprint density at radius 2 is 2.21 bits per heavy atom. The van der Waals surface area contributed by atoms with Crippen LogP contribution < -0.4 is 0 Å². The van der Waals surface area contributed by atoms with E-state index in [2.05, 4.69) is 17.1 Å². The van der Waals surface area contributed by atoms with E-state index in [-0.39, 0.29) is 17.3 Å². The van der Waals surface area contributed by atoms with Gasteiger partial charge in [0.25, 0.3) is 0 Å². The van der Waals surface area contributed by atoms with Crippen molar-refractivity contribution < 1.29 is 9.53 Å². The van der Waals surface area contributed by atoms with Gasteiger partial charge in [-0.05, 0) is 61.6 Å². The van der Waals surface area contributed by atoms with Gasteiger partial charge in [-0.1, -0.05) is 6.42 Å². The Morgan fingerprint density at radius 3 is 2.95 bits per heavy atom. The smallest absolute Gasteiger partial charge is 0.309 e. The van der Waals surface area contributed by atoms with Crippen LogP contribution in [-0.2, 0) is 9.53 Å². The summed E-state index contributed by atoms with van der Waals surface area (Å²) in [4.78, 5) is 16.0. The van der Waals surface area contributed by atoms with Crippen molar-refractivity contribution in [1.82, 2.24) is 4.98 Å². The van der Waals surface area contributed by atoms with Crippen LogP contribution in [0.1, 0.15) is 50.5 Å². The normalized spacial score (nSPS) is 33.1. The second-order valence-corrected chi connectivity index (χ2v) is 5.94. The molecule has 3 heteroatoms. The van der Waals surface area contributed by atoms with Gasteiger partial charge in [0, 0.05) is 12.4 Å². The van der Waals surface area contributed by atoms with Gasteiger partial charge < -0.3 is 4.74 Å². The first kappa shape index (κ1) is 12.6. The van der Waals surface area contributed by atoms with Crippen LogP contribution in [0.2, 0.25) is 0 Å². The number of hydrogen-bond donors (Lipinski definition) is 0. The second kappa shape index (κ2) is 4.95. The quantitative estimate of drug-likeness (QED) is 0.782. The van der Waals surface area contributed by atoms with Crippen molar-refractivity contribution >= 4 is 5.97 Å². The molecule has 2 aliphatic carbocycles. The molecule has 1 aromatic rings. The van der Waals surface area contributed by atoms with Gasteiger partial charge in [-0.2, -0.15) is 0 Å². The summed E-state index contributed by atoms with van der Waals surface area (Å²) in [6.45, 7) is 2.38. The van der Waals surface area contributed by atoms with Crippen LogP contribution in [0.25, 0.3) is 0 Å². The monoisotopic (exact) mass is 259 g/mol. The summed E-state index contributed by atoms with van der Waals surface area (Å²) in [5.74, 6) is 0.783. The largest absolute Gasteiger partial charge is 0.466 e. The number of hydrogen-bond acceptors (Lipinski definition) is 3. The van der Waals surface area contributed by atoms with E-state index >= 15 is 0 Å². The maximum atomic E-state index is 11.9. The average Bonchev–Trinajstić information content (AvgIpc) is 3.13. The number of carbonyl (C=O) groups is 1. The maximum absolute atomic E-state index is 11.9. The molecular formula is C16H21NO2. The topological polar surface area (TPSA) is 39.2 Å². The summed E-state index contributed by atoms with van der Waals surface area (Å²) < 4.78 is 5.19. The molecule has 0 bridgehead atoms. The summed E-state index contributed by atoms with van der Waals surface area (Å²) >= 11 is 0. The molecule has 3 atom stereocenters. The standard InChI is InChI=1S/C16H21NO2/c1-2-19-15(18)14-11-16(14)7-3-4-13(10-16)12-5-8-17-9-6-12/h5-6,8-9,13-14H,2-4,7,10-11H2,1H3/t13-,14?,16?/m1/s1. The summed E-state index contributed by atoms with van der Waals surface area (Å²) in [5, 5.41) is 0. The third-order valence-corrected chi connectivity index (χ3v) is 4.82. The van der Waals surface area contributed by atoms with Crippen LogP contribution in [0.3, 0.4) is 0 Å². The maximum Gasteiger partial charge on any atom is 0.309 e. The molecule has 0 N–H and O–H groups in total. The molecule has 0 saturated heterocycles. The van der Waals surface area contributed by atoms with E-state index in [9.17, 15) is 4.79 Å². The molecule has 3 rings (SSSR count). The highest BCUT2D eigenvalue weighted by molar-refractivity contribution is 5.77. The number of esters is 1. The van der Waals surface area contributed by atoms with Crippen molar-refractivity contribution in [3.8, 4) is 0 Å². The molecule has 1 heterocycles. The van der Waals surface area contributed by atoms with E-state index in [1.807, 2.05) is 19.3 Å². The van der Waals surface area contributed by atoms with Crippen molar-refractivity contribution in [2.45, 2.75) is 44.9 Å². The average molecular weight is 259 g/mol. The molecular weight excluding hydrogens is 238 g/mol. The van der Waals surface area contributed by atoms with Crippen molar-refractivity contribution in [1.29, 1.82) is 0 Å². The highest BCUT2D eigenvalue weighted by atomic mass is 16.5. The molecule has 0 aromatic carbocycles. The predicted molar refractivity (Wildman–Crippen MR) is 72.6 cm³/mol. The Labute approximate surface area is 114 Å². The number of aromatic nitrogens is 1. The van der Waals surface area contributed by atoms with Gasteiger partial charge in [0.05, 0.1) is 12.5 Å². The highest BCUT2D eigenvalue weighted by Gasteiger charge is 2.59. The van der Waals surface area contributed by atoms with Gasteiger partial charge in [0.1, 0.15) is 0 Å². The van der Waals surface area contributed by atoms with E-state index in [1.165, 1.54) is 24.8 Å². The lowest BCUT2D eigenvalue weighted by atomic mass is 9.75. The Kier molecular flexibility index (Phi) is 3.29. The minimum Gasteiger partial charge on any atom is -0.466 e. The summed E-state index contributed by atoms with van der Waals surface area (Å²) in [5.41, 5.74) is 1.63. The first-order valence-electron chi connectivity index (χ1n) is 7.32. The van der Waals surface area contributed by atoms with Gasteiger partial charge in [0.2, 0.25) is 0 Å². The zero-order valence-electron chi connectivity index (χ0n) is 11.5. The van der Waals surface area contributed by atoms with Gasteiger partial charge in [-0.15, -0.1) is 0 Å². The number of pyridine rings is 1. The van der Waals surface area contributed by atoms with E-state index in [4.69, 9.17) is 4.74 Å². The second-order valence-electron chi connectivity index (χ2n) is 5.94. The molecule has 2 unspecified atom stereocenters. The van der Waals surface area contributed by atoms with Gasteiger partial charge >= 0.3 is 5.97 Å². The summed E-state index contributed by atoms with van der Waals surface area (Å²) in [6, 6.07) is 4.23. The Morgan fingerprint density at radius 1 is 1.42 bits per heavy atom. The predicted octanol–water partition coefficient (Wildman–Crippen LogP) is 3.31. The van der Waals surface area contributed by atoms with Crippen LogP contribution in [0.4, 0.5) is 0 Å². The zero-order valence-corrected chi connectivity index (χ0v) is 11.5. The first-order valence-corrected chi connectivity index (χ1v) is 7.32. The molecule has 2 fully saturated rings. The molecule has 19 heavy (non-hydrogen) atoms. The van der Waals surface area contributed by atoms with Crippen LogP contribution in [0, 0.1) is 11.3 Å². The fourth-order valence-corrected chi connectivity index (χ4v) is 3.74. The van der Waals surface area contributed by atoms with E-state index in [1.54, 1.807) is 0 Å². The number of rotatable bonds is 3. The highest BCUT2D eigenvalue weighted by Crippen LogP contribution is 2.64. The fraction of sp³-hybridized carbons (Fsp3) is 0.625. The minimum absolute atomic E-state index is 0.0258. The van der Waals surface area contributed by atoms with Crippen molar-refractivity contribution in [2.24, 2.45) is 11.3 Å². The third-order valence-electron chi connectivity index (χ3n) is 4.82. The van der Waals surface area contributed by atoms with Crippen molar-refractivity contribution in [3.05, 3.63) is 30.1 Å².